The van der Waals surface area contributed by atoms with E-state index in [2.05, 4.69) is 5.32 Å². The van der Waals surface area contributed by atoms with Crippen LogP contribution >= 0.6 is 0 Å². The fourth-order valence-corrected chi connectivity index (χ4v) is 4.05. The number of hydrogen-bond acceptors (Lipinski definition) is 6. The second-order valence-corrected chi connectivity index (χ2v) is 7.78. The van der Waals surface area contributed by atoms with E-state index in [1.54, 1.807) is 43.3 Å². The zero-order valence-electron chi connectivity index (χ0n) is 17.8. The molecule has 1 N–H and O–H groups in total. The molecule has 1 saturated heterocycles. The van der Waals surface area contributed by atoms with E-state index in [1.807, 2.05) is 0 Å². The minimum atomic E-state index is -0.733. The maximum atomic E-state index is 13.0. The minimum Gasteiger partial charge on any atom is -0.462 e. The number of imide groups is 2. The van der Waals surface area contributed by atoms with Crippen LogP contribution in [-0.2, 0) is 14.3 Å². The minimum absolute atomic E-state index is 0.131. The van der Waals surface area contributed by atoms with E-state index in [-0.39, 0.29) is 11.6 Å². The summed E-state index contributed by atoms with van der Waals surface area (Å²) in [6.45, 7) is 2.04. The van der Waals surface area contributed by atoms with E-state index in [9.17, 15) is 19.2 Å². The quantitative estimate of drug-likeness (QED) is 0.433. The van der Waals surface area contributed by atoms with Gasteiger partial charge in [-0.15, -0.1) is 0 Å². The molecule has 0 spiro atoms. The molecule has 4 amide bonds. The summed E-state index contributed by atoms with van der Waals surface area (Å²) in [5.41, 5.74) is 1.02. The number of amides is 4. The molecule has 0 atom stereocenters. The molecule has 1 aromatic heterocycles. The van der Waals surface area contributed by atoms with Gasteiger partial charge in [-0.3, -0.25) is 19.8 Å². The molecular weight excluding hydrogens is 412 g/mol. The topological polar surface area (TPSA) is 106 Å². The third-order valence-corrected chi connectivity index (χ3v) is 5.67. The molecule has 32 heavy (non-hydrogen) atoms. The van der Waals surface area contributed by atoms with Gasteiger partial charge in [0.1, 0.15) is 17.1 Å². The van der Waals surface area contributed by atoms with Gasteiger partial charge in [0.15, 0.2) is 0 Å². The Labute approximate surface area is 185 Å². The molecule has 4 rings (SSSR count). The van der Waals surface area contributed by atoms with E-state index < -0.39 is 23.8 Å². The van der Waals surface area contributed by atoms with Crippen LogP contribution < -0.4 is 5.32 Å². The van der Waals surface area contributed by atoms with Gasteiger partial charge >= 0.3 is 12.0 Å². The molecule has 1 aliphatic heterocycles. The van der Waals surface area contributed by atoms with Crippen molar-refractivity contribution in [2.75, 3.05) is 6.61 Å². The van der Waals surface area contributed by atoms with Crippen molar-refractivity contribution < 1.29 is 28.3 Å². The highest BCUT2D eigenvalue weighted by atomic mass is 16.5. The van der Waals surface area contributed by atoms with Gasteiger partial charge in [-0.1, -0.05) is 31.4 Å². The molecule has 2 heterocycles. The second kappa shape index (κ2) is 9.21. The van der Waals surface area contributed by atoms with Gasteiger partial charge in [0.05, 0.1) is 12.2 Å². The smallest absolute Gasteiger partial charge is 0.338 e. The van der Waals surface area contributed by atoms with Crippen LogP contribution in [-0.4, -0.2) is 41.4 Å². The SMILES string of the molecule is CCOC(=O)c1ccc(-c2ccc(C=C3C(=O)NC(=O)N(C4CCCCC4)C3=O)o2)cc1. The zero-order valence-corrected chi connectivity index (χ0v) is 17.8. The van der Waals surface area contributed by atoms with Crippen LogP contribution in [0.1, 0.15) is 55.1 Å². The second-order valence-electron chi connectivity index (χ2n) is 7.78. The summed E-state index contributed by atoms with van der Waals surface area (Å²) in [5.74, 6) is -0.906. The lowest BCUT2D eigenvalue weighted by Gasteiger charge is -2.35. The van der Waals surface area contributed by atoms with Gasteiger partial charge in [-0.25, -0.2) is 9.59 Å². The maximum absolute atomic E-state index is 13.0. The summed E-state index contributed by atoms with van der Waals surface area (Å²) in [6, 6.07) is 9.22. The Bertz CT molecular complexity index is 1080. The molecular formula is C24H24N2O6. The van der Waals surface area contributed by atoms with Gasteiger partial charge in [0.25, 0.3) is 11.8 Å². The van der Waals surface area contributed by atoms with Crippen LogP contribution in [0.25, 0.3) is 17.4 Å². The van der Waals surface area contributed by atoms with Crippen molar-refractivity contribution in [3.63, 3.8) is 0 Å². The molecule has 0 unspecified atom stereocenters. The monoisotopic (exact) mass is 436 g/mol. The third kappa shape index (κ3) is 4.34. The number of benzene rings is 1. The number of rotatable bonds is 5. The number of carbonyl (C=O) groups excluding carboxylic acids is 4. The number of carbonyl (C=O) groups is 4. The van der Waals surface area contributed by atoms with Crippen LogP contribution in [0, 0.1) is 0 Å². The summed E-state index contributed by atoms with van der Waals surface area (Å²) in [7, 11) is 0. The van der Waals surface area contributed by atoms with E-state index in [4.69, 9.17) is 9.15 Å². The van der Waals surface area contributed by atoms with E-state index >= 15 is 0 Å². The Morgan fingerprint density at radius 1 is 1.09 bits per heavy atom. The van der Waals surface area contributed by atoms with Crippen molar-refractivity contribution in [1.82, 2.24) is 10.2 Å². The summed E-state index contributed by atoms with van der Waals surface area (Å²) in [6.07, 6.45) is 5.82. The number of barbiturate groups is 1. The molecule has 1 aromatic carbocycles. The van der Waals surface area contributed by atoms with Crippen LogP contribution in [0.4, 0.5) is 4.79 Å². The number of hydrogen-bond donors (Lipinski definition) is 1. The molecule has 2 aliphatic rings. The molecule has 2 fully saturated rings. The molecule has 1 aliphatic carbocycles. The first-order valence-corrected chi connectivity index (χ1v) is 10.8. The molecule has 0 radical (unpaired) electrons. The van der Waals surface area contributed by atoms with Crippen molar-refractivity contribution >= 4 is 29.9 Å². The Morgan fingerprint density at radius 3 is 2.50 bits per heavy atom. The van der Waals surface area contributed by atoms with Gasteiger partial charge < -0.3 is 9.15 Å². The van der Waals surface area contributed by atoms with Crippen LogP contribution in [0.15, 0.2) is 46.4 Å². The average molecular weight is 436 g/mol. The van der Waals surface area contributed by atoms with Crippen molar-refractivity contribution in [3.8, 4) is 11.3 Å². The normalized spacial score (nSPS) is 18.7. The first-order valence-electron chi connectivity index (χ1n) is 10.8. The number of esters is 1. The van der Waals surface area contributed by atoms with Gasteiger partial charge in [-0.05, 0) is 50.1 Å². The summed E-state index contributed by atoms with van der Waals surface area (Å²) in [4.78, 5) is 50.6. The van der Waals surface area contributed by atoms with E-state index in [0.29, 0.717) is 23.7 Å². The van der Waals surface area contributed by atoms with Crippen molar-refractivity contribution in [2.24, 2.45) is 0 Å². The number of nitrogens with one attached hydrogen (secondary N) is 1. The summed E-state index contributed by atoms with van der Waals surface area (Å²) >= 11 is 0. The first-order chi connectivity index (χ1) is 15.5. The predicted octanol–water partition coefficient (Wildman–Crippen LogP) is 3.92. The molecule has 8 nitrogen and oxygen atoms in total. The highest BCUT2D eigenvalue weighted by molar-refractivity contribution is 6.31. The highest BCUT2D eigenvalue weighted by Gasteiger charge is 2.40. The highest BCUT2D eigenvalue weighted by Crippen LogP contribution is 2.28. The summed E-state index contributed by atoms with van der Waals surface area (Å²) in [5, 5.41) is 2.27. The Morgan fingerprint density at radius 2 is 1.81 bits per heavy atom. The molecule has 0 bridgehead atoms. The van der Waals surface area contributed by atoms with Gasteiger partial charge in [-0.2, -0.15) is 0 Å². The van der Waals surface area contributed by atoms with Crippen molar-refractivity contribution in [1.29, 1.82) is 0 Å². The molecule has 1 saturated carbocycles. The van der Waals surface area contributed by atoms with Crippen LogP contribution in [0.5, 0.6) is 0 Å². The number of nitrogens with zero attached hydrogens (tertiary/aromatic N) is 1. The fraction of sp³-hybridized carbons (Fsp3) is 0.333. The Balaban J connectivity index is 1.55. The lowest BCUT2D eigenvalue weighted by Crippen LogP contribution is -2.58. The predicted molar refractivity (Wildman–Crippen MR) is 115 cm³/mol. The van der Waals surface area contributed by atoms with Crippen LogP contribution in [0.3, 0.4) is 0 Å². The Kier molecular flexibility index (Phi) is 6.20. The van der Waals surface area contributed by atoms with Gasteiger partial charge in [0, 0.05) is 11.6 Å². The molecule has 166 valence electrons. The van der Waals surface area contributed by atoms with E-state index in [1.165, 1.54) is 11.0 Å². The lowest BCUT2D eigenvalue weighted by molar-refractivity contribution is -0.132. The number of furan rings is 1. The van der Waals surface area contributed by atoms with Crippen molar-refractivity contribution in [2.45, 2.75) is 45.1 Å². The molecule has 2 aromatic rings. The number of ether oxygens (including phenoxy) is 1. The fourth-order valence-electron chi connectivity index (χ4n) is 4.05. The van der Waals surface area contributed by atoms with Crippen LogP contribution in [0.2, 0.25) is 0 Å². The van der Waals surface area contributed by atoms with Crippen molar-refractivity contribution in [3.05, 3.63) is 53.3 Å². The zero-order chi connectivity index (χ0) is 22.7. The lowest BCUT2D eigenvalue weighted by atomic mass is 9.93. The first kappa shape index (κ1) is 21.5. The van der Waals surface area contributed by atoms with E-state index in [0.717, 1.165) is 37.7 Å². The maximum Gasteiger partial charge on any atom is 0.338 e. The molecule has 8 heteroatoms. The average Bonchev–Trinajstić information content (AvgIpc) is 3.26. The third-order valence-electron chi connectivity index (χ3n) is 5.67. The largest absolute Gasteiger partial charge is 0.462 e. The number of urea groups is 1. The summed E-state index contributed by atoms with van der Waals surface area (Å²) < 4.78 is 10.8. The van der Waals surface area contributed by atoms with Gasteiger partial charge in [0.2, 0.25) is 0 Å². The Hall–Kier alpha value is -3.68. The standard InChI is InChI=1S/C24H24N2O6/c1-2-31-23(29)16-10-8-15(9-11-16)20-13-12-18(32-20)14-19-21(27)25-24(30)26(22(19)28)17-6-4-3-5-7-17/h8-14,17H,2-7H2,1H3,(H,25,27,30).